The van der Waals surface area contributed by atoms with E-state index in [0.717, 1.165) is 50.7 Å². The van der Waals surface area contributed by atoms with E-state index < -0.39 is 0 Å². The van der Waals surface area contributed by atoms with E-state index in [1.165, 1.54) is 22.3 Å². The number of anilines is 3. The Kier molecular flexibility index (Phi) is 5.32. The van der Waals surface area contributed by atoms with E-state index in [1.807, 2.05) is 24.4 Å². The van der Waals surface area contributed by atoms with E-state index in [0.29, 0.717) is 0 Å². The predicted molar refractivity (Wildman–Crippen MR) is 168 cm³/mol. The number of rotatable bonds is 3. The molecule has 0 amide bonds. The summed E-state index contributed by atoms with van der Waals surface area (Å²) in [6, 6.07) is 47.2. The van der Waals surface area contributed by atoms with Gasteiger partial charge in [-0.25, -0.2) is 4.98 Å². The molecule has 0 bridgehead atoms. The lowest BCUT2D eigenvalue weighted by Crippen LogP contribution is -2.11. The van der Waals surface area contributed by atoms with Crippen LogP contribution < -0.4 is 4.90 Å². The molecule has 5 aromatic carbocycles. The molecule has 4 heteroatoms. The fraction of sp³-hybridized carbons (Fsp3) is 0.0270. The second-order valence-electron chi connectivity index (χ2n) is 10.4. The van der Waals surface area contributed by atoms with Gasteiger partial charge in [0.1, 0.15) is 5.82 Å². The highest BCUT2D eigenvalue weighted by Crippen LogP contribution is 2.51. The summed E-state index contributed by atoms with van der Waals surface area (Å²) in [5, 5.41) is 0. The second-order valence-corrected chi connectivity index (χ2v) is 10.4. The summed E-state index contributed by atoms with van der Waals surface area (Å²) in [6.07, 6.45) is 1.85. The van der Waals surface area contributed by atoms with Gasteiger partial charge >= 0.3 is 0 Å². The summed E-state index contributed by atoms with van der Waals surface area (Å²) in [7, 11) is 2.09. The first kappa shape index (κ1) is 23.4. The summed E-state index contributed by atoms with van der Waals surface area (Å²) in [5.74, 6) is 0.946. The molecule has 0 atom stereocenters. The van der Waals surface area contributed by atoms with Crippen LogP contribution in [0.15, 0.2) is 140 Å². The minimum Gasteiger partial charge on any atom is -0.327 e. The van der Waals surface area contributed by atoms with Crippen molar-refractivity contribution in [2.24, 2.45) is 7.05 Å². The highest BCUT2D eigenvalue weighted by Gasteiger charge is 2.27. The van der Waals surface area contributed by atoms with Crippen LogP contribution in [0.5, 0.6) is 0 Å². The second kappa shape index (κ2) is 9.32. The Balaban J connectivity index is 1.41. The average molecular weight is 527 g/mol. The molecule has 4 nitrogen and oxygen atoms in total. The predicted octanol–water partition coefficient (Wildman–Crippen LogP) is 9.42. The number of aromatic nitrogens is 3. The molecule has 41 heavy (non-hydrogen) atoms. The minimum atomic E-state index is 0.946. The first-order valence-corrected chi connectivity index (χ1v) is 13.8. The number of para-hydroxylation sites is 3. The van der Waals surface area contributed by atoms with Gasteiger partial charge in [0.25, 0.3) is 0 Å². The highest BCUT2D eigenvalue weighted by atomic mass is 15.2. The monoisotopic (exact) mass is 526 g/mol. The van der Waals surface area contributed by atoms with Crippen molar-refractivity contribution in [2.45, 2.75) is 0 Å². The molecule has 7 aromatic rings. The molecule has 8 rings (SSSR count). The quantitative estimate of drug-likeness (QED) is 0.230. The van der Waals surface area contributed by atoms with E-state index in [2.05, 4.69) is 137 Å². The van der Waals surface area contributed by atoms with Crippen molar-refractivity contribution in [1.29, 1.82) is 0 Å². The van der Waals surface area contributed by atoms with E-state index in [4.69, 9.17) is 4.98 Å². The largest absolute Gasteiger partial charge is 0.327 e. The molecule has 0 spiro atoms. The molecule has 0 unspecified atom stereocenters. The van der Waals surface area contributed by atoms with Gasteiger partial charge in [0, 0.05) is 41.2 Å². The molecule has 0 saturated carbocycles. The zero-order valence-corrected chi connectivity index (χ0v) is 22.6. The molecular weight excluding hydrogens is 500 g/mol. The van der Waals surface area contributed by atoms with Gasteiger partial charge in [-0.15, -0.1) is 0 Å². The van der Waals surface area contributed by atoms with Crippen LogP contribution in [-0.2, 0) is 7.05 Å². The Morgan fingerprint density at radius 1 is 0.537 bits per heavy atom. The zero-order valence-electron chi connectivity index (χ0n) is 22.6. The van der Waals surface area contributed by atoms with Gasteiger partial charge in [-0.2, -0.15) is 0 Å². The molecule has 0 N–H and O–H groups in total. The van der Waals surface area contributed by atoms with Crippen LogP contribution in [0.1, 0.15) is 0 Å². The summed E-state index contributed by atoms with van der Waals surface area (Å²) < 4.78 is 2.18. The highest BCUT2D eigenvalue weighted by molar-refractivity contribution is 6.03. The third-order valence-electron chi connectivity index (χ3n) is 8.00. The topological polar surface area (TPSA) is 34.0 Å². The number of fused-ring (bicyclic) bond motifs is 6. The van der Waals surface area contributed by atoms with Gasteiger partial charge in [0.05, 0.1) is 28.1 Å². The van der Waals surface area contributed by atoms with Crippen LogP contribution in [-0.4, -0.2) is 14.5 Å². The van der Waals surface area contributed by atoms with Crippen molar-refractivity contribution in [2.75, 3.05) is 4.90 Å². The molecule has 0 saturated heterocycles. The van der Waals surface area contributed by atoms with E-state index in [-0.39, 0.29) is 0 Å². The van der Waals surface area contributed by atoms with Gasteiger partial charge in [-0.1, -0.05) is 84.9 Å². The fourth-order valence-corrected chi connectivity index (χ4v) is 6.08. The van der Waals surface area contributed by atoms with E-state index >= 15 is 0 Å². The Hall–Kier alpha value is -5.48. The molecular formula is C37H26N4. The molecule has 0 radical (unpaired) electrons. The lowest BCUT2D eigenvalue weighted by atomic mass is 9.94. The average Bonchev–Trinajstić information content (AvgIpc) is 3.32. The molecule has 1 aliphatic heterocycles. The normalized spacial score (nSPS) is 12.0. The number of hydrogen-bond donors (Lipinski definition) is 0. The zero-order chi connectivity index (χ0) is 27.3. The van der Waals surface area contributed by atoms with Crippen molar-refractivity contribution in [3.05, 3.63) is 140 Å². The fourth-order valence-electron chi connectivity index (χ4n) is 6.08. The Labute approximate surface area is 238 Å². The SMILES string of the molecule is Cn1c(-c2ccc3c(c2)N(c2cccc(-c4ccccn4)c2)c2ccccc2-c2ccccc2-3)nc2ccccc21. The van der Waals surface area contributed by atoms with Crippen molar-refractivity contribution in [1.82, 2.24) is 14.5 Å². The third-order valence-corrected chi connectivity index (χ3v) is 8.00. The lowest BCUT2D eigenvalue weighted by molar-refractivity contribution is 0.959. The van der Waals surface area contributed by atoms with Crippen LogP contribution in [0.3, 0.4) is 0 Å². The van der Waals surface area contributed by atoms with Crippen LogP contribution in [0, 0.1) is 0 Å². The number of nitrogens with zero attached hydrogens (tertiary/aromatic N) is 4. The minimum absolute atomic E-state index is 0.946. The molecule has 0 fully saturated rings. The maximum Gasteiger partial charge on any atom is 0.140 e. The summed E-state index contributed by atoms with van der Waals surface area (Å²) in [4.78, 5) is 12.1. The first-order valence-electron chi connectivity index (χ1n) is 13.8. The van der Waals surface area contributed by atoms with Gasteiger partial charge in [0.2, 0.25) is 0 Å². The molecule has 3 heterocycles. The lowest BCUT2D eigenvalue weighted by Gasteiger charge is -2.28. The van der Waals surface area contributed by atoms with E-state index in [1.54, 1.807) is 0 Å². The van der Waals surface area contributed by atoms with Crippen molar-refractivity contribution in [3.63, 3.8) is 0 Å². The number of pyridine rings is 1. The maximum atomic E-state index is 5.03. The summed E-state index contributed by atoms with van der Waals surface area (Å²) in [6.45, 7) is 0. The number of hydrogen-bond acceptors (Lipinski definition) is 3. The van der Waals surface area contributed by atoms with Gasteiger partial charge < -0.3 is 9.47 Å². The van der Waals surface area contributed by atoms with Crippen molar-refractivity contribution in [3.8, 4) is 44.9 Å². The molecule has 2 aromatic heterocycles. The Bertz CT molecular complexity index is 2070. The molecule has 1 aliphatic rings. The van der Waals surface area contributed by atoms with Gasteiger partial charge in [-0.05, 0) is 59.7 Å². The number of imidazole rings is 1. The standard InChI is InChI=1S/C37H26N4/c1-40-35-19-7-5-17-33(35)39-37(40)26-20-21-31-29-14-3-2-13-28(29)30-15-4-6-18-34(30)41(36(31)24-26)27-12-10-11-25(23-27)32-16-8-9-22-38-32/h2-24H,1H3. The first-order chi connectivity index (χ1) is 20.3. The van der Waals surface area contributed by atoms with Gasteiger partial charge in [0.15, 0.2) is 0 Å². The smallest absolute Gasteiger partial charge is 0.140 e. The van der Waals surface area contributed by atoms with Crippen LogP contribution in [0.4, 0.5) is 17.1 Å². The van der Waals surface area contributed by atoms with Crippen molar-refractivity contribution < 1.29 is 0 Å². The Morgan fingerprint density at radius 3 is 2.07 bits per heavy atom. The summed E-state index contributed by atoms with van der Waals surface area (Å²) >= 11 is 0. The van der Waals surface area contributed by atoms with E-state index in [9.17, 15) is 0 Å². The van der Waals surface area contributed by atoms with Crippen LogP contribution >= 0.6 is 0 Å². The van der Waals surface area contributed by atoms with Crippen molar-refractivity contribution >= 4 is 28.1 Å². The van der Waals surface area contributed by atoms with Crippen LogP contribution in [0.25, 0.3) is 55.9 Å². The summed E-state index contributed by atoms with van der Waals surface area (Å²) in [5.41, 5.74) is 13.4. The maximum absolute atomic E-state index is 5.03. The number of aryl methyl sites for hydroxylation is 1. The third kappa shape index (κ3) is 3.76. The van der Waals surface area contributed by atoms with Gasteiger partial charge in [-0.3, -0.25) is 4.98 Å². The van der Waals surface area contributed by atoms with Crippen LogP contribution in [0.2, 0.25) is 0 Å². The number of benzene rings is 5. The Morgan fingerprint density at radius 2 is 1.27 bits per heavy atom. The molecule has 0 aliphatic carbocycles. The molecule has 194 valence electrons.